The molecule has 1 atom stereocenters. The van der Waals surface area contributed by atoms with Gasteiger partial charge in [-0.05, 0) is 24.6 Å². The van der Waals surface area contributed by atoms with E-state index in [2.05, 4.69) is 20.5 Å². The molecule has 0 bridgehead atoms. The van der Waals surface area contributed by atoms with Gasteiger partial charge < -0.3 is 10.2 Å². The lowest BCUT2D eigenvalue weighted by atomic mass is 10.2. The Morgan fingerprint density at radius 2 is 2.24 bits per heavy atom. The summed E-state index contributed by atoms with van der Waals surface area (Å²) in [7, 11) is 1.90. The Balaban J connectivity index is 1.59. The minimum absolute atomic E-state index is 0.437. The van der Waals surface area contributed by atoms with E-state index in [-0.39, 0.29) is 0 Å². The third-order valence-corrected chi connectivity index (χ3v) is 4.36. The van der Waals surface area contributed by atoms with Crippen LogP contribution in [0.2, 0.25) is 10.0 Å². The zero-order chi connectivity index (χ0) is 14.8. The van der Waals surface area contributed by atoms with E-state index >= 15 is 0 Å². The Labute approximate surface area is 133 Å². The molecule has 2 aromatic rings. The quantitative estimate of drug-likeness (QED) is 0.938. The normalized spacial score (nSPS) is 18.4. The maximum absolute atomic E-state index is 6.27. The number of nitrogens with one attached hydrogen (secondary N) is 1. The average Bonchev–Trinajstić information content (AvgIpc) is 3.05. The summed E-state index contributed by atoms with van der Waals surface area (Å²) < 4.78 is 1.79. The van der Waals surface area contributed by atoms with Gasteiger partial charge in [0.2, 0.25) is 0 Å². The van der Waals surface area contributed by atoms with Gasteiger partial charge in [0.05, 0.1) is 22.6 Å². The lowest BCUT2D eigenvalue weighted by molar-refractivity contribution is 0.529. The summed E-state index contributed by atoms with van der Waals surface area (Å²) in [6, 6.07) is 6.09. The molecule has 21 heavy (non-hydrogen) atoms. The van der Waals surface area contributed by atoms with E-state index in [0.29, 0.717) is 16.1 Å². The van der Waals surface area contributed by atoms with Crippen molar-refractivity contribution in [3.8, 4) is 0 Å². The predicted octanol–water partition coefficient (Wildman–Crippen LogP) is 2.49. The zero-order valence-electron chi connectivity index (χ0n) is 11.8. The monoisotopic (exact) mass is 325 g/mol. The van der Waals surface area contributed by atoms with Crippen LogP contribution in [0.1, 0.15) is 12.1 Å². The molecule has 1 aromatic carbocycles. The van der Waals surface area contributed by atoms with Crippen LogP contribution in [0.3, 0.4) is 0 Å². The van der Waals surface area contributed by atoms with E-state index in [1.165, 1.54) is 0 Å². The van der Waals surface area contributed by atoms with Crippen molar-refractivity contribution < 1.29 is 0 Å². The fourth-order valence-corrected chi connectivity index (χ4v) is 3.13. The highest BCUT2D eigenvalue weighted by atomic mass is 35.5. The second-order valence-electron chi connectivity index (χ2n) is 5.26. The molecule has 1 saturated heterocycles. The minimum Gasteiger partial charge on any atom is -0.369 e. The Kier molecular flexibility index (Phi) is 4.33. The Morgan fingerprint density at radius 1 is 1.38 bits per heavy atom. The molecular formula is C14H17Cl2N5. The lowest BCUT2D eigenvalue weighted by Crippen LogP contribution is -2.32. The first kappa shape index (κ1) is 14.6. The van der Waals surface area contributed by atoms with Crippen molar-refractivity contribution in [3.63, 3.8) is 0 Å². The Morgan fingerprint density at radius 3 is 2.95 bits per heavy atom. The summed E-state index contributed by atoms with van der Waals surface area (Å²) in [6.07, 6.45) is 2.88. The second kappa shape index (κ2) is 6.22. The van der Waals surface area contributed by atoms with Crippen LogP contribution < -0.4 is 10.2 Å². The molecule has 0 saturated carbocycles. The molecule has 5 nitrogen and oxygen atoms in total. The van der Waals surface area contributed by atoms with Crippen LogP contribution >= 0.6 is 23.2 Å². The number of aryl methyl sites for hydroxylation is 1. The van der Waals surface area contributed by atoms with Crippen LogP contribution in [-0.4, -0.2) is 34.1 Å². The van der Waals surface area contributed by atoms with Crippen molar-refractivity contribution in [1.29, 1.82) is 0 Å². The Hall–Kier alpha value is -1.30. The van der Waals surface area contributed by atoms with Gasteiger partial charge >= 0.3 is 0 Å². The molecule has 1 aromatic heterocycles. The number of benzene rings is 1. The van der Waals surface area contributed by atoms with E-state index in [1.54, 1.807) is 16.9 Å². The number of nitrogens with zero attached hydrogens (tertiary/aromatic N) is 4. The summed E-state index contributed by atoms with van der Waals surface area (Å²) in [4.78, 5) is 2.29. The van der Waals surface area contributed by atoms with Crippen LogP contribution in [0.5, 0.6) is 0 Å². The largest absolute Gasteiger partial charge is 0.369 e. The van der Waals surface area contributed by atoms with Crippen molar-refractivity contribution >= 4 is 28.9 Å². The van der Waals surface area contributed by atoms with Crippen LogP contribution in [0.25, 0.3) is 0 Å². The highest BCUT2D eigenvalue weighted by Gasteiger charge is 2.23. The summed E-state index contributed by atoms with van der Waals surface area (Å²) in [5.41, 5.74) is 2.13. The topological polar surface area (TPSA) is 46.0 Å². The maximum Gasteiger partial charge on any atom is 0.0738 e. The molecule has 0 amide bonds. The minimum atomic E-state index is 0.437. The molecule has 0 radical (unpaired) electrons. The summed E-state index contributed by atoms with van der Waals surface area (Å²) in [5, 5.41) is 12.7. The third-order valence-electron chi connectivity index (χ3n) is 3.82. The van der Waals surface area contributed by atoms with E-state index in [1.807, 2.05) is 19.2 Å². The number of hydrogen-bond acceptors (Lipinski definition) is 4. The van der Waals surface area contributed by atoms with E-state index < -0.39 is 0 Å². The van der Waals surface area contributed by atoms with Gasteiger partial charge in [-0.1, -0.05) is 28.4 Å². The predicted molar refractivity (Wildman–Crippen MR) is 84.9 cm³/mol. The van der Waals surface area contributed by atoms with Crippen molar-refractivity contribution in [1.82, 2.24) is 20.3 Å². The SMILES string of the molecule is Cn1nncc1CN[C@@H]1CCN(c2ccc(Cl)cc2Cl)C1. The second-order valence-corrected chi connectivity index (χ2v) is 6.10. The van der Waals surface area contributed by atoms with Crippen LogP contribution in [-0.2, 0) is 13.6 Å². The van der Waals surface area contributed by atoms with Crippen molar-refractivity contribution in [2.24, 2.45) is 7.05 Å². The highest BCUT2D eigenvalue weighted by Crippen LogP contribution is 2.31. The third kappa shape index (κ3) is 3.31. The van der Waals surface area contributed by atoms with E-state index in [0.717, 1.165) is 37.4 Å². The first-order chi connectivity index (χ1) is 10.1. The van der Waals surface area contributed by atoms with Crippen LogP contribution in [0.4, 0.5) is 5.69 Å². The van der Waals surface area contributed by atoms with Gasteiger partial charge in [0, 0.05) is 37.7 Å². The molecule has 1 N–H and O–H groups in total. The molecule has 3 rings (SSSR count). The summed E-state index contributed by atoms with van der Waals surface area (Å²) >= 11 is 12.2. The summed E-state index contributed by atoms with van der Waals surface area (Å²) in [5.74, 6) is 0. The van der Waals surface area contributed by atoms with Crippen molar-refractivity contribution in [2.45, 2.75) is 19.0 Å². The highest BCUT2D eigenvalue weighted by molar-refractivity contribution is 6.36. The number of halogens is 2. The number of hydrogen-bond donors (Lipinski definition) is 1. The van der Waals surface area contributed by atoms with Gasteiger partial charge in [-0.3, -0.25) is 4.68 Å². The number of aromatic nitrogens is 3. The van der Waals surface area contributed by atoms with Crippen LogP contribution in [0, 0.1) is 0 Å². The molecule has 0 unspecified atom stereocenters. The fraction of sp³-hybridized carbons (Fsp3) is 0.429. The lowest BCUT2D eigenvalue weighted by Gasteiger charge is -2.20. The molecule has 0 spiro atoms. The van der Waals surface area contributed by atoms with E-state index in [9.17, 15) is 0 Å². The standard InChI is InChI=1S/C14H17Cl2N5/c1-20-12(8-18-19-20)7-17-11-4-5-21(9-11)14-3-2-10(15)6-13(14)16/h2-3,6,8,11,17H,4-5,7,9H2,1H3/t11-/m1/s1. The smallest absolute Gasteiger partial charge is 0.0738 e. The maximum atomic E-state index is 6.27. The molecule has 2 heterocycles. The van der Waals surface area contributed by atoms with Gasteiger partial charge in [-0.15, -0.1) is 5.10 Å². The van der Waals surface area contributed by atoms with Gasteiger partial charge in [0.1, 0.15) is 0 Å². The average molecular weight is 326 g/mol. The molecule has 1 aliphatic heterocycles. The first-order valence-corrected chi connectivity index (χ1v) is 7.66. The first-order valence-electron chi connectivity index (χ1n) is 6.90. The van der Waals surface area contributed by atoms with Gasteiger partial charge in [-0.25, -0.2) is 0 Å². The number of rotatable bonds is 4. The molecular weight excluding hydrogens is 309 g/mol. The fourth-order valence-electron chi connectivity index (χ4n) is 2.60. The molecule has 0 aliphatic carbocycles. The molecule has 7 heteroatoms. The molecule has 1 fully saturated rings. The molecule has 112 valence electrons. The Bertz CT molecular complexity index is 628. The van der Waals surface area contributed by atoms with Crippen molar-refractivity contribution in [2.75, 3.05) is 18.0 Å². The summed E-state index contributed by atoms with van der Waals surface area (Å²) in [6.45, 7) is 2.70. The van der Waals surface area contributed by atoms with Gasteiger partial charge in [0.15, 0.2) is 0 Å². The molecule has 1 aliphatic rings. The van der Waals surface area contributed by atoms with Gasteiger partial charge in [-0.2, -0.15) is 0 Å². The van der Waals surface area contributed by atoms with Gasteiger partial charge in [0.25, 0.3) is 0 Å². The van der Waals surface area contributed by atoms with Crippen LogP contribution in [0.15, 0.2) is 24.4 Å². The number of anilines is 1. The zero-order valence-corrected chi connectivity index (χ0v) is 13.3. The van der Waals surface area contributed by atoms with E-state index in [4.69, 9.17) is 23.2 Å². The van der Waals surface area contributed by atoms with Crippen molar-refractivity contribution in [3.05, 3.63) is 40.1 Å².